The van der Waals surface area contributed by atoms with Gasteiger partial charge in [-0.05, 0) is 45.4 Å². The van der Waals surface area contributed by atoms with Gasteiger partial charge in [0.05, 0.1) is 18.3 Å². The van der Waals surface area contributed by atoms with E-state index >= 15 is 0 Å². The predicted octanol–water partition coefficient (Wildman–Crippen LogP) is 3.00. The molecule has 3 heteroatoms. The molecule has 1 aromatic carbocycles. The van der Waals surface area contributed by atoms with E-state index in [1.54, 1.807) is 13.0 Å². The van der Waals surface area contributed by atoms with Crippen molar-refractivity contribution in [2.75, 3.05) is 13.2 Å². The Balaban J connectivity index is 2.62. The first-order valence-corrected chi connectivity index (χ1v) is 5.86. The molecule has 0 N–H and O–H groups in total. The highest BCUT2D eigenvalue weighted by Gasteiger charge is 2.08. The Hall–Kier alpha value is -1.35. The SMILES string of the molecule is CC(=O)c1ccc(C)cc1OCCOC(C)C. The lowest BCUT2D eigenvalue weighted by molar-refractivity contribution is 0.0549. The molecule has 1 rings (SSSR count). The molecule has 0 bridgehead atoms. The third-order valence-electron chi connectivity index (χ3n) is 2.31. The van der Waals surface area contributed by atoms with Crippen molar-refractivity contribution in [1.29, 1.82) is 0 Å². The highest BCUT2D eigenvalue weighted by molar-refractivity contribution is 5.96. The second kappa shape index (κ2) is 6.40. The Kier molecular flexibility index (Phi) is 5.16. The molecule has 1 aromatic rings. The zero-order valence-electron chi connectivity index (χ0n) is 10.9. The molecule has 17 heavy (non-hydrogen) atoms. The van der Waals surface area contributed by atoms with Crippen LogP contribution in [0.3, 0.4) is 0 Å². The van der Waals surface area contributed by atoms with Crippen molar-refractivity contribution in [1.82, 2.24) is 0 Å². The summed E-state index contributed by atoms with van der Waals surface area (Å²) in [5, 5.41) is 0. The number of carbonyl (C=O) groups is 1. The van der Waals surface area contributed by atoms with E-state index in [0.29, 0.717) is 24.5 Å². The molecule has 0 fully saturated rings. The Bertz CT molecular complexity index is 383. The molecular weight excluding hydrogens is 216 g/mol. The van der Waals surface area contributed by atoms with Crippen molar-refractivity contribution in [3.63, 3.8) is 0 Å². The molecule has 0 aromatic heterocycles. The lowest BCUT2D eigenvalue weighted by atomic mass is 10.1. The van der Waals surface area contributed by atoms with E-state index in [1.807, 2.05) is 32.9 Å². The number of carbonyl (C=O) groups excluding carboxylic acids is 1. The number of hydrogen-bond donors (Lipinski definition) is 0. The van der Waals surface area contributed by atoms with E-state index in [0.717, 1.165) is 5.56 Å². The Morgan fingerprint density at radius 2 is 2.00 bits per heavy atom. The minimum Gasteiger partial charge on any atom is -0.490 e. The quantitative estimate of drug-likeness (QED) is 0.562. The molecule has 0 aliphatic carbocycles. The van der Waals surface area contributed by atoms with Crippen LogP contribution in [0.25, 0.3) is 0 Å². The fraction of sp³-hybridized carbons (Fsp3) is 0.500. The van der Waals surface area contributed by atoms with Gasteiger partial charge in [-0.2, -0.15) is 0 Å². The van der Waals surface area contributed by atoms with E-state index in [4.69, 9.17) is 9.47 Å². The van der Waals surface area contributed by atoms with Gasteiger partial charge >= 0.3 is 0 Å². The van der Waals surface area contributed by atoms with Crippen molar-refractivity contribution >= 4 is 5.78 Å². The fourth-order valence-electron chi connectivity index (χ4n) is 1.48. The normalized spacial score (nSPS) is 10.6. The first-order chi connectivity index (χ1) is 8.00. The molecule has 3 nitrogen and oxygen atoms in total. The molecule has 0 saturated carbocycles. The van der Waals surface area contributed by atoms with Gasteiger partial charge in [0, 0.05) is 0 Å². The maximum absolute atomic E-state index is 11.4. The smallest absolute Gasteiger partial charge is 0.163 e. The highest BCUT2D eigenvalue weighted by Crippen LogP contribution is 2.20. The number of ketones is 1. The second-order valence-corrected chi connectivity index (χ2v) is 4.32. The summed E-state index contributed by atoms with van der Waals surface area (Å²) in [6.07, 6.45) is 0.198. The van der Waals surface area contributed by atoms with Crippen molar-refractivity contribution < 1.29 is 14.3 Å². The van der Waals surface area contributed by atoms with Gasteiger partial charge in [0.2, 0.25) is 0 Å². The van der Waals surface area contributed by atoms with E-state index in [1.165, 1.54) is 0 Å². The molecule has 0 unspecified atom stereocenters. The van der Waals surface area contributed by atoms with Crippen LogP contribution in [-0.2, 0) is 4.74 Å². The van der Waals surface area contributed by atoms with Crippen molar-refractivity contribution in [2.45, 2.75) is 33.8 Å². The van der Waals surface area contributed by atoms with Gasteiger partial charge in [-0.25, -0.2) is 0 Å². The summed E-state index contributed by atoms with van der Waals surface area (Å²) in [5.41, 5.74) is 1.70. The maximum Gasteiger partial charge on any atom is 0.163 e. The molecule has 0 aliphatic heterocycles. The summed E-state index contributed by atoms with van der Waals surface area (Å²) in [7, 11) is 0. The Morgan fingerprint density at radius 1 is 1.29 bits per heavy atom. The third-order valence-corrected chi connectivity index (χ3v) is 2.31. The fourth-order valence-corrected chi connectivity index (χ4v) is 1.48. The summed E-state index contributed by atoms with van der Waals surface area (Å²) >= 11 is 0. The van der Waals surface area contributed by atoms with Crippen LogP contribution >= 0.6 is 0 Å². The molecule has 0 amide bonds. The number of ether oxygens (including phenoxy) is 2. The largest absolute Gasteiger partial charge is 0.490 e. The summed E-state index contributed by atoms with van der Waals surface area (Å²) in [5.74, 6) is 0.662. The molecule has 0 saturated heterocycles. The average Bonchev–Trinajstić information content (AvgIpc) is 2.23. The van der Waals surface area contributed by atoms with Gasteiger partial charge in [0.1, 0.15) is 12.4 Å². The minimum atomic E-state index is 0.0183. The lowest BCUT2D eigenvalue weighted by Crippen LogP contribution is -2.12. The van der Waals surface area contributed by atoms with Crippen molar-refractivity contribution in [3.8, 4) is 5.75 Å². The van der Waals surface area contributed by atoms with Crippen molar-refractivity contribution in [2.24, 2.45) is 0 Å². The molecule has 0 radical (unpaired) electrons. The Labute approximate surface area is 103 Å². The van der Waals surface area contributed by atoms with E-state index in [-0.39, 0.29) is 11.9 Å². The lowest BCUT2D eigenvalue weighted by Gasteiger charge is -2.12. The van der Waals surface area contributed by atoms with Gasteiger partial charge in [0.15, 0.2) is 5.78 Å². The Morgan fingerprint density at radius 3 is 2.59 bits per heavy atom. The van der Waals surface area contributed by atoms with Gasteiger partial charge in [-0.15, -0.1) is 0 Å². The topological polar surface area (TPSA) is 35.5 Å². The number of rotatable bonds is 6. The maximum atomic E-state index is 11.4. The van der Waals surface area contributed by atoms with E-state index in [2.05, 4.69) is 0 Å². The molecule has 0 spiro atoms. The van der Waals surface area contributed by atoms with Gasteiger partial charge in [0.25, 0.3) is 0 Å². The third kappa shape index (κ3) is 4.57. The molecule has 0 heterocycles. The number of aryl methyl sites for hydroxylation is 1. The summed E-state index contributed by atoms with van der Waals surface area (Å²) in [4.78, 5) is 11.4. The van der Waals surface area contributed by atoms with E-state index < -0.39 is 0 Å². The standard InChI is InChI=1S/C14H20O3/c1-10(2)16-7-8-17-14-9-11(3)5-6-13(14)12(4)15/h5-6,9-10H,7-8H2,1-4H3. The van der Waals surface area contributed by atoms with Crippen LogP contribution in [0.4, 0.5) is 0 Å². The van der Waals surface area contributed by atoms with Gasteiger partial charge in [-0.3, -0.25) is 4.79 Å². The highest BCUT2D eigenvalue weighted by atomic mass is 16.5. The summed E-state index contributed by atoms with van der Waals surface area (Å²) in [6.45, 7) is 8.47. The number of Topliss-reactive ketones (excluding diaryl/α,β-unsaturated/α-hetero) is 1. The van der Waals surface area contributed by atoms with Crippen molar-refractivity contribution in [3.05, 3.63) is 29.3 Å². The van der Waals surface area contributed by atoms with Crippen LogP contribution in [0.15, 0.2) is 18.2 Å². The zero-order chi connectivity index (χ0) is 12.8. The predicted molar refractivity (Wildman–Crippen MR) is 67.8 cm³/mol. The molecule has 0 aliphatic rings. The van der Waals surface area contributed by atoms with Crippen LogP contribution in [0.5, 0.6) is 5.75 Å². The monoisotopic (exact) mass is 236 g/mol. The summed E-state index contributed by atoms with van der Waals surface area (Å²) < 4.78 is 11.0. The van der Waals surface area contributed by atoms with Gasteiger partial charge in [-0.1, -0.05) is 6.07 Å². The van der Waals surface area contributed by atoms with Crippen LogP contribution < -0.4 is 4.74 Å². The summed E-state index contributed by atoms with van der Waals surface area (Å²) in [6, 6.07) is 5.59. The van der Waals surface area contributed by atoms with Crippen LogP contribution in [0, 0.1) is 6.92 Å². The molecular formula is C14H20O3. The van der Waals surface area contributed by atoms with Gasteiger partial charge < -0.3 is 9.47 Å². The van der Waals surface area contributed by atoms with Crippen LogP contribution in [0.2, 0.25) is 0 Å². The number of hydrogen-bond acceptors (Lipinski definition) is 3. The molecule has 94 valence electrons. The van der Waals surface area contributed by atoms with Crippen LogP contribution in [0.1, 0.15) is 36.7 Å². The van der Waals surface area contributed by atoms with Crippen LogP contribution in [-0.4, -0.2) is 25.1 Å². The first kappa shape index (κ1) is 13.7. The second-order valence-electron chi connectivity index (χ2n) is 4.32. The average molecular weight is 236 g/mol. The first-order valence-electron chi connectivity index (χ1n) is 5.86. The zero-order valence-corrected chi connectivity index (χ0v) is 10.9. The number of benzene rings is 1. The van der Waals surface area contributed by atoms with E-state index in [9.17, 15) is 4.79 Å². The minimum absolute atomic E-state index is 0.0183. The molecule has 0 atom stereocenters.